The van der Waals surface area contributed by atoms with Crippen LogP contribution in [-0.2, 0) is 0 Å². The number of rotatable bonds is 4. The molecule has 0 aromatic carbocycles. The van der Waals surface area contributed by atoms with Gasteiger partial charge in [0.05, 0.1) is 0 Å². The maximum Gasteiger partial charge on any atom is 0.183 e. The lowest BCUT2D eigenvalue weighted by Gasteiger charge is -2.03. The lowest BCUT2D eigenvalue weighted by atomic mass is 10.2. The number of amidine groups is 1. The molecular formula is C9H13N3S. The zero-order valence-electron chi connectivity index (χ0n) is 7.73. The van der Waals surface area contributed by atoms with Crippen molar-refractivity contribution in [3.63, 3.8) is 0 Å². The summed E-state index contributed by atoms with van der Waals surface area (Å²) in [5, 5.41) is 1.40. The highest BCUT2D eigenvalue weighted by Gasteiger charge is 2.25. The molecule has 2 rings (SSSR count). The van der Waals surface area contributed by atoms with Gasteiger partial charge in [-0.3, -0.25) is 0 Å². The Bertz CT molecular complexity index is 281. The molecule has 0 aromatic rings. The van der Waals surface area contributed by atoms with Crippen molar-refractivity contribution in [2.45, 2.75) is 38.0 Å². The van der Waals surface area contributed by atoms with Crippen molar-refractivity contribution in [2.24, 2.45) is 15.0 Å². The summed E-state index contributed by atoms with van der Waals surface area (Å²) in [7, 11) is 0. The van der Waals surface area contributed by atoms with Gasteiger partial charge in [-0.2, -0.15) is 0 Å². The topological polar surface area (TPSA) is 37.1 Å². The minimum absolute atomic E-state index is 0.387. The third-order valence-electron chi connectivity index (χ3n) is 2.11. The number of nitrogens with zero attached hydrogens (tertiary/aromatic N) is 3. The van der Waals surface area contributed by atoms with Gasteiger partial charge in [0, 0.05) is 0 Å². The molecule has 4 heteroatoms. The van der Waals surface area contributed by atoms with Gasteiger partial charge in [-0.1, -0.05) is 37.9 Å². The highest BCUT2D eigenvalue weighted by atomic mass is 32.2. The molecule has 2 heterocycles. The molecule has 2 aliphatic heterocycles. The van der Waals surface area contributed by atoms with E-state index in [-0.39, 0.29) is 0 Å². The van der Waals surface area contributed by atoms with Crippen molar-refractivity contribution >= 4 is 29.0 Å². The van der Waals surface area contributed by atoms with Crippen LogP contribution in [0.5, 0.6) is 0 Å². The average Bonchev–Trinajstić information content (AvgIpc) is 2.64. The van der Waals surface area contributed by atoms with Crippen LogP contribution in [0.1, 0.15) is 32.6 Å². The van der Waals surface area contributed by atoms with Crippen molar-refractivity contribution in [3.05, 3.63) is 0 Å². The van der Waals surface area contributed by atoms with Gasteiger partial charge in [0.2, 0.25) is 0 Å². The molecule has 0 amide bonds. The van der Waals surface area contributed by atoms with E-state index in [2.05, 4.69) is 21.9 Å². The fourth-order valence-electron chi connectivity index (χ4n) is 1.40. The number of thioether (sulfide) groups is 1. The summed E-state index contributed by atoms with van der Waals surface area (Å²) in [6.45, 7) is 2.22. The fourth-order valence-corrected chi connectivity index (χ4v) is 2.42. The second kappa shape index (κ2) is 4.05. The predicted molar refractivity (Wildman–Crippen MR) is 58.9 cm³/mol. The molecule has 0 spiro atoms. The molecule has 0 N–H and O–H groups in total. The molecule has 0 bridgehead atoms. The normalized spacial score (nSPS) is 24.5. The van der Waals surface area contributed by atoms with Crippen LogP contribution >= 0.6 is 11.8 Å². The molecule has 0 fully saturated rings. The third-order valence-corrected chi connectivity index (χ3v) is 3.24. The van der Waals surface area contributed by atoms with Crippen molar-refractivity contribution < 1.29 is 0 Å². The molecule has 1 unspecified atom stereocenters. The van der Waals surface area contributed by atoms with Crippen LogP contribution in [0.2, 0.25) is 0 Å². The Kier molecular flexibility index (Phi) is 2.78. The zero-order chi connectivity index (χ0) is 9.10. The number of fused-ring (bicyclic) bond motifs is 1. The van der Waals surface area contributed by atoms with Gasteiger partial charge in [-0.15, -0.1) is 0 Å². The van der Waals surface area contributed by atoms with Gasteiger partial charge < -0.3 is 0 Å². The van der Waals surface area contributed by atoms with Gasteiger partial charge in [0.15, 0.2) is 5.84 Å². The standard InChI is InChI=1S/C9H13N3S/c1-2-3-4-5-7-12-8-9(13-7)11-6-10-8/h6-7H,2-5H2,1H3. The summed E-state index contributed by atoms with van der Waals surface area (Å²) in [5.41, 5.74) is 0. The number of aliphatic imine (C=N–C) groups is 3. The first-order valence-corrected chi connectivity index (χ1v) is 5.63. The summed E-state index contributed by atoms with van der Waals surface area (Å²) in [6.07, 6.45) is 6.59. The Morgan fingerprint density at radius 1 is 1.46 bits per heavy atom. The smallest absolute Gasteiger partial charge is 0.183 e. The Labute approximate surface area is 82.5 Å². The Morgan fingerprint density at radius 2 is 2.38 bits per heavy atom. The van der Waals surface area contributed by atoms with Crippen LogP contribution in [-0.4, -0.2) is 22.6 Å². The van der Waals surface area contributed by atoms with Crippen LogP contribution in [0, 0.1) is 0 Å². The summed E-state index contributed by atoms with van der Waals surface area (Å²) in [5.74, 6) is 0.853. The molecule has 70 valence electrons. The predicted octanol–water partition coefficient (Wildman–Crippen LogP) is 2.48. The number of unbranched alkanes of at least 4 members (excludes halogenated alkanes) is 2. The Balaban J connectivity index is 1.82. The van der Waals surface area contributed by atoms with E-state index in [0.29, 0.717) is 5.37 Å². The van der Waals surface area contributed by atoms with Crippen LogP contribution in [0.15, 0.2) is 15.0 Å². The van der Waals surface area contributed by atoms with Gasteiger partial charge in [-0.05, 0) is 6.42 Å². The molecule has 0 aromatic heterocycles. The zero-order valence-corrected chi connectivity index (χ0v) is 8.55. The first-order valence-electron chi connectivity index (χ1n) is 4.75. The highest BCUT2D eigenvalue weighted by molar-refractivity contribution is 8.16. The first-order chi connectivity index (χ1) is 6.40. The van der Waals surface area contributed by atoms with E-state index in [1.165, 1.54) is 19.3 Å². The molecule has 0 saturated heterocycles. The minimum Gasteiger partial charge on any atom is -0.250 e. The lowest BCUT2D eigenvalue weighted by Crippen LogP contribution is -1.95. The Hall–Kier alpha value is -0.640. The van der Waals surface area contributed by atoms with Gasteiger partial charge in [0.1, 0.15) is 16.8 Å². The molecular weight excluding hydrogens is 182 g/mol. The van der Waals surface area contributed by atoms with Crippen molar-refractivity contribution in [3.8, 4) is 0 Å². The van der Waals surface area contributed by atoms with E-state index in [1.807, 2.05) is 0 Å². The summed E-state index contributed by atoms with van der Waals surface area (Å²) < 4.78 is 0. The lowest BCUT2D eigenvalue weighted by molar-refractivity contribution is 0.658. The maximum absolute atomic E-state index is 4.47. The molecule has 0 saturated carbocycles. The first kappa shape index (κ1) is 8.94. The van der Waals surface area contributed by atoms with Crippen LogP contribution in [0.3, 0.4) is 0 Å². The van der Waals surface area contributed by atoms with Crippen LogP contribution in [0.4, 0.5) is 0 Å². The van der Waals surface area contributed by atoms with Crippen LogP contribution in [0.25, 0.3) is 0 Å². The van der Waals surface area contributed by atoms with Crippen LogP contribution < -0.4 is 0 Å². The third kappa shape index (κ3) is 1.99. The van der Waals surface area contributed by atoms with Crippen molar-refractivity contribution in [1.82, 2.24) is 0 Å². The SMILES string of the molecule is CCCCCC1N=C2N=CN=C2S1. The highest BCUT2D eigenvalue weighted by Crippen LogP contribution is 2.29. The van der Waals surface area contributed by atoms with Crippen molar-refractivity contribution in [2.75, 3.05) is 0 Å². The number of hydrogen-bond donors (Lipinski definition) is 0. The minimum atomic E-state index is 0.387. The molecule has 0 aliphatic carbocycles. The number of hydrogen-bond acceptors (Lipinski definition) is 4. The maximum atomic E-state index is 4.47. The molecule has 0 radical (unpaired) electrons. The fraction of sp³-hybridized carbons (Fsp3) is 0.667. The van der Waals surface area contributed by atoms with Crippen molar-refractivity contribution in [1.29, 1.82) is 0 Å². The molecule has 13 heavy (non-hydrogen) atoms. The monoisotopic (exact) mass is 195 g/mol. The summed E-state index contributed by atoms with van der Waals surface area (Å²) >= 11 is 1.75. The van der Waals surface area contributed by atoms with E-state index < -0.39 is 0 Å². The van der Waals surface area contributed by atoms with Gasteiger partial charge in [-0.25, -0.2) is 15.0 Å². The average molecular weight is 195 g/mol. The molecule has 2 aliphatic rings. The van der Waals surface area contributed by atoms with E-state index in [1.54, 1.807) is 18.1 Å². The van der Waals surface area contributed by atoms with Gasteiger partial charge in [0.25, 0.3) is 0 Å². The van der Waals surface area contributed by atoms with E-state index in [0.717, 1.165) is 17.3 Å². The summed E-state index contributed by atoms with van der Waals surface area (Å²) in [4.78, 5) is 12.7. The second-order valence-electron chi connectivity index (χ2n) is 3.20. The molecule has 1 atom stereocenters. The Morgan fingerprint density at radius 3 is 3.15 bits per heavy atom. The largest absolute Gasteiger partial charge is 0.250 e. The molecule has 3 nitrogen and oxygen atoms in total. The summed E-state index contributed by atoms with van der Waals surface area (Å²) in [6, 6.07) is 0. The van der Waals surface area contributed by atoms with E-state index >= 15 is 0 Å². The van der Waals surface area contributed by atoms with E-state index in [9.17, 15) is 0 Å². The second-order valence-corrected chi connectivity index (χ2v) is 4.37. The van der Waals surface area contributed by atoms with E-state index in [4.69, 9.17) is 0 Å². The quantitative estimate of drug-likeness (QED) is 0.635. The van der Waals surface area contributed by atoms with Gasteiger partial charge >= 0.3 is 0 Å².